The molecular weight excluding hydrogens is 1480 g/mol. The highest BCUT2D eigenvalue weighted by molar-refractivity contribution is 5.86. The van der Waals surface area contributed by atoms with Crippen LogP contribution in [-0.2, 0) is 52.2 Å². The molecule has 6 aromatic rings. The third-order valence-corrected chi connectivity index (χ3v) is 23.9. The number of aliphatic hydroxyl groups excluding tert-OH is 1. The number of piperidine rings is 5. The molecule has 1 unspecified atom stereocenters. The van der Waals surface area contributed by atoms with Crippen LogP contribution in [0, 0.1) is 0 Å². The first-order chi connectivity index (χ1) is 55.1. The van der Waals surface area contributed by atoms with Gasteiger partial charge < -0.3 is 78.0 Å². The van der Waals surface area contributed by atoms with Gasteiger partial charge in [-0.05, 0) is 190 Å². The summed E-state index contributed by atoms with van der Waals surface area (Å²) in [5.74, 6) is 4.64. The molecule has 3 N–H and O–H groups in total. The number of oxime groups is 1. The van der Waals surface area contributed by atoms with Crippen molar-refractivity contribution in [1.29, 1.82) is 0 Å². The maximum absolute atomic E-state index is 13.2. The van der Waals surface area contributed by atoms with E-state index in [0.29, 0.717) is 32.0 Å². The number of aliphatic hydroxyl groups is 2. The molecule has 6 saturated heterocycles. The number of anilines is 5. The maximum atomic E-state index is 13.2. The quantitative estimate of drug-likeness (QED) is 0.0879. The standard InChI is InChI=1S/C18H26N2O3.C17H26N2O2.2C17H27NO2.C16H24FNO.C14H22O/c1-17(2,3)13-6-7-14(15(10-13)22-4)20-9-5-8-18(12-20)11-19-16(21)23-18;1-17(2,3)13-6-7-15(16(12-13)20-4)19-10-8-14(9-11-19)18-21-5;1-17(2,3)13-6-7-15(16(12-13)20-5)18-10-8-14(19-4)9-11-18;1-16(2,3)13-6-7-14(15(12-13)20-5)18-10-8-17(4,19)9-11-18;1-16(2,3)12-5-6-14(15(11-12)19-4)18-9-7-13(17)8-10-18;1-13(2,3)11-6-8-12(9-7-11)14(4,5)10-15/h6-7,10H,5,8-9,11-12H2,1-4H3,(H,19,21);6-7,12H,8-11H2,1-5H3;6-7,12,14H,8-11H2,1-5H3;6-7,12,19H,8-11H2,1-5H3;5-6,11,13H,7-10H2,1-4H3;6-9,15H,10H2,1-5H3. The lowest BCUT2D eigenvalue weighted by atomic mass is 9.82. The maximum Gasteiger partial charge on any atom is 0.407 e. The molecule has 118 heavy (non-hydrogen) atoms. The minimum Gasteiger partial charge on any atom is -0.495 e. The SMILES string of the molecule is CC(C)(C)c1ccc(C(C)(C)CO)cc1.CON=C1CCN(c2ccc(C(C)(C)C)cc2OC)CC1.COc1cc(C(C)(C)C)ccc1N1CCC(C)(O)CC1.COc1cc(C(C)(C)C)ccc1N1CCC(F)CC1.COc1cc(C(C)(C)C)ccc1N1CCC(OC)CC1.COc1cc(C(C)(C)C)ccc1N1CCCC2(CNC(=O)O2)C1. The molecule has 0 radical (unpaired) electrons. The zero-order chi connectivity index (χ0) is 87.6. The number of alkyl carbamates (subject to hydrolysis) is 1. The van der Waals surface area contributed by atoms with Gasteiger partial charge in [0, 0.05) is 84.3 Å². The van der Waals surface area contributed by atoms with Gasteiger partial charge >= 0.3 is 6.09 Å². The van der Waals surface area contributed by atoms with Gasteiger partial charge in [0.25, 0.3) is 0 Å². The molecule has 0 aliphatic carbocycles. The summed E-state index contributed by atoms with van der Waals surface area (Å²) in [6.45, 7) is 55.4. The Balaban J connectivity index is 0.000000196. The minimum atomic E-state index is -0.643. The lowest BCUT2D eigenvalue weighted by molar-refractivity contribution is 0.0350. The molecule has 0 bridgehead atoms. The van der Waals surface area contributed by atoms with E-state index in [4.69, 9.17) is 38.0 Å². The van der Waals surface area contributed by atoms with Crippen LogP contribution in [0.25, 0.3) is 0 Å². The third kappa shape index (κ3) is 27.4. The van der Waals surface area contributed by atoms with E-state index < -0.39 is 17.4 Å². The van der Waals surface area contributed by atoms with E-state index in [0.717, 1.165) is 162 Å². The van der Waals surface area contributed by atoms with Crippen molar-refractivity contribution in [2.75, 3.05) is 153 Å². The van der Waals surface area contributed by atoms with Crippen LogP contribution in [0.2, 0.25) is 0 Å². The first-order valence-electron chi connectivity index (χ1n) is 43.0. The number of carbonyl (C=O) groups is 1. The fraction of sp³-hybridized carbons (Fsp3) is 0.616. The average Bonchev–Trinajstić information content (AvgIpc) is 1.57. The zero-order valence-corrected chi connectivity index (χ0v) is 77.8. The van der Waals surface area contributed by atoms with Crippen LogP contribution in [0.15, 0.2) is 120 Å². The topological polar surface area (TPSA) is 172 Å². The van der Waals surface area contributed by atoms with Crippen molar-refractivity contribution in [1.82, 2.24) is 5.32 Å². The summed E-state index contributed by atoms with van der Waals surface area (Å²) in [5.41, 5.74) is 15.4. The first-order valence-corrected chi connectivity index (χ1v) is 43.0. The number of nitrogens with zero attached hydrogens (tertiary/aromatic N) is 6. The molecule has 18 nitrogen and oxygen atoms in total. The molecular formula is C99H152FN7O11. The molecule has 6 heterocycles. The molecule has 19 heteroatoms. The van der Waals surface area contributed by atoms with Gasteiger partial charge in [-0.3, -0.25) is 0 Å². The van der Waals surface area contributed by atoms with E-state index in [1.807, 2.05) is 6.92 Å². The van der Waals surface area contributed by atoms with Gasteiger partial charge in [-0.1, -0.05) is 198 Å². The van der Waals surface area contributed by atoms with E-state index >= 15 is 0 Å². The summed E-state index contributed by atoms with van der Waals surface area (Å²) in [6, 6.07) is 41.0. The summed E-state index contributed by atoms with van der Waals surface area (Å²) < 4.78 is 52.2. The van der Waals surface area contributed by atoms with Crippen molar-refractivity contribution in [2.45, 2.75) is 271 Å². The highest BCUT2D eigenvalue weighted by atomic mass is 19.1. The van der Waals surface area contributed by atoms with E-state index in [1.165, 1.54) is 50.3 Å². The number of halogens is 1. The van der Waals surface area contributed by atoms with Crippen LogP contribution >= 0.6 is 0 Å². The Morgan fingerprint density at radius 1 is 0.432 bits per heavy atom. The van der Waals surface area contributed by atoms with Crippen molar-refractivity contribution < 1.29 is 57.4 Å². The van der Waals surface area contributed by atoms with Crippen molar-refractivity contribution in [3.05, 3.63) is 154 Å². The number of hydrogen-bond acceptors (Lipinski definition) is 17. The second-order valence-electron chi connectivity index (χ2n) is 39.9. The molecule has 6 aliphatic heterocycles. The molecule has 6 aliphatic rings. The van der Waals surface area contributed by atoms with E-state index in [9.17, 15) is 19.4 Å². The fourth-order valence-electron chi connectivity index (χ4n) is 15.4. The summed E-state index contributed by atoms with van der Waals surface area (Å²) >= 11 is 0. The number of amides is 1. The van der Waals surface area contributed by atoms with Crippen molar-refractivity contribution in [2.24, 2.45) is 5.16 Å². The van der Waals surface area contributed by atoms with Crippen molar-refractivity contribution >= 4 is 40.2 Å². The molecule has 656 valence electrons. The molecule has 1 atom stereocenters. The Bertz CT molecular complexity index is 4140. The largest absolute Gasteiger partial charge is 0.495 e. The highest BCUT2D eigenvalue weighted by Crippen LogP contribution is 2.43. The second kappa shape index (κ2) is 41.4. The van der Waals surface area contributed by atoms with Gasteiger partial charge in [-0.2, -0.15) is 0 Å². The Morgan fingerprint density at radius 2 is 0.746 bits per heavy atom. The van der Waals surface area contributed by atoms with Crippen LogP contribution in [0.5, 0.6) is 28.7 Å². The molecule has 6 fully saturated rings. The van der Waals surface area contributed by atoms with Crippen LogP contribution < -0.4 is 53.5 Å². The predicted molar refractivity (Wildman–Crippen MR) is 489 cm³/mol. The predicted octanol–water partition coefficient (Wildman–Crippen LogP) is 20.8. The molecule has 1 spiro atoms. The summed E-state index contributed by atoms with van der Waals surface area (Å²) in [4.78, 5) is 27.9. The van der Waals surface area contributed by atoms with Crippen molar-refractivity contribution in [3.63, 3.8) is 0 Å². The normalized spacial score (nSPS) is 18.2. The van der Waals surface area contributed by atoms with Crippen LogP contribution in [0.4, 0.5) is 37.6 Å². The molecule has 0 saturated carbocycles. The number of methoxy groups -OCH3 is 6. The van der Waals surface area contributed by atoms with Gasteiger partial charge in [0.2, 0.25) is 0 Å². The van der Waals surface area contributed by atoms with Crippen LogP contribution in [-0.4, -0.2) is 174 Å². The number of benzene rings is 6. The van der Waals surface area contributed by atoms with Gasteiger partial charge in [0.05, 0.1) is 101 Å². The number of nitrogens with one attached hydrogen (secondary N) is 1. The van der Waals surface area contributed by atoms with Crippen molar-refractivity contribution in [3.8, 4) is 28.7 Å². The van der Waals surface area contributed by atoms with Crippen LogP contribution in [0.3, 0.4) is 0 Å². The molecule has 12 rings (SSSR count). The van der Waals surface area contributed by atoms with Gasteiger partial charge in [0.1, 0.15) is 47.6 Å². The minimum absolute atomic E-state index is 0.0832. The fourth-order valence-corrected chi connectivity index (χ4v) is 15.4. The Hall–Kier alpha value is -8.13. The number of ether oxygens (including phenoxy) is 7. The Labute approximate surface area is 711 Å². The van der Waals surface area contributed by atoms with E-state index in [2.05, 4.69) is 289 Å². The highest BCUT2D eigenvalue weighted by Gasteiger charge is 2.44. The summed E-state index contributed by atoms with van der Waals surface area (Å²) in [5, 5.41) is 26.2. The monoisotopic (exact) mass is 1630 g/mol. The first kappa shape index (κ1) is 97.0. The van der Waals surface area contributed by atoms with Gasteiger partial charge in [0.15, 0.2) is 0 Å². The average molecular weight is 1640 g/mol. The third-order valence-electron chi connectivity index (χ3n) is 23.9. The van der Waals surface area contributed by atoms with E-state index in [1.54, 1.807) is 49.8 Å². The number of hydrogen-bond donors (Lipinski definition) is 3. The molecule has 6 aromatic carbocycles. The number of carbonyl (C=O) groups excluding carboxylic acids is 1. The lowest BCUT2D eigenvalue weighted by Crippen LogP contribution is -2.50. The number of rotatable bonds is 14. The lowest BCUT2D eigenvalue weighted by Gasteiger charge is -2.40. The van der Waals surface area contributed by atoms with E-state index in [-0.39, 0.29) is 50.6 Å². The van der Waals surface area contributed by atoms with Gasteiger partial charge in [-0.25, -0.2) is 9.18 Å². The molecule has 0 aromatic heterocycles. The Kier molecular flexibility index (Phi) is 34.1. The second-order valence-corrected chi connectivity index (χ2v) is 39.9. The Morgan fingerprint density at radius 3 is 1.05 bits per heavy atom. The summed E-state index contributed by atoms with van der Waals surface area (Å²) in [7, 11) is 12.0. The molecule has 1 amide bonds. The smallest absolute Gasteiger partial charge is 0.407 e. The zero-order valence-electron chi connectivity index (χ0n) is 77.8. The summed E-state index contributed by atoms with van der Waals surface area (Å²) in [6.07, 6.45) is 8.26. The number of alkyl halides is 1. The van der Waals surface area contributed by atoms with Gasteiger partial charge in [-0.15, -0.1) is 0 Å². The van der Waals surface area contributed by atoms with Crippen LogP contribution in [0.1, 0.15) is 249 Å².